The molecule has 0 heterocycles. The summed E-state index contributed by atoms with van der Waals surface area (Å²) in [6, 6.07) is 8.69. The van der Waals surface area contributed by atoms with Crippen LogP contribution < -0.4 is 4.72 Å². The van der Waals surface area contributed by atoms with E-state index >= 15 is 0 Å². The third-order valence-corrected chi connectivity index (χ3v) is 4.89. The topological polar surface area (TPSA) is 90.2 Å². The predicted molar refractivity (Wildman–Crippen MR) is 75.1 cm³/mol. The van der Waals surface area contributed by atoms with E-state index in [2.05, 4.69) is 4.72 Å². The van der Waals surface area contributed by atoms with Crippen molar-refractivity contribution in [2.45, 2.75) is 31.1 Å². The van der Waals surface area contributed by atoms with Crippen LogP contribution in [-0.2, 0) is 15.8 Å². The zero-order chi connectivity index (χ0) is 14.6. The molecule has 1 saturated carbocycles. The van der Waals surface area contributed by atoms with E-state index in [0.717, 1.165) is 12.8 Å². The monoisotopic (exact) mass is 294 g/mol. The van der Waals surface area contributed by atoms with Crippen LogP contribution in [0.15, 0.2) is 24.3 Å². The van der Waals surface area contributed by atoms with E-state index in [1.165, 1.54) is 0 Å². The van der Waals surface area contributed by atoms with Crippen LogP contribution in [0.4, 0.5) is 0 Å². The minimum Gasteiger partial charge on any atom is -0.393 e. The van der Waals surface area contributed by atoms with Gasteiger partial charge in [0.05, 0.1) is 23.5 Å². The molecule has 1 aliphatic rings. The molecule has 0 saturated heterocycles. The minimum absolute atomic E-state index is 0.188. The number of benzene rings is 1. The number of aliphatic hydroxyl groups excluding tert-OH is 1. The van der Waals surface area contributed by atoms with Crippen LogP contribution in [0, 0.1) is 17.2 Å². The summed E-state index contributed by atoms with van der Waals surface area (Å²) in [5.74, 6) is 0.0115. The smallest absolute Gasteiger partial charge is 0.215 e. The van der Waals surface area contributed by atoms with Gasteiger partial charge in [-0.1, -0.05) is 18.2 Å². The maximum Gasteiger partial charge on any atom is 0.215 e. The molecule has 1 aliphatic carbocycles. The quantitative estimate of drug-likeness (QED) is 0.852. The lowest BCUT2D eigenvalue weighted by molar-refractivity contribution is 0.178. The Morgan fingerprint density at radius 2 is 2.10 bits per heavy atom. The maximum atomic E-state index is 12.0. The van der Waals surface area contributed by atoms with Gasteiger partial charge >= 0.3 is 0 Å². The van der Waals surface area contributed by atoms with Crippen molar-refractivity contribution in [3.63, 3.8) is 0 Å². The lowest BCUT2D eigenvalue weighted by Gasteiger charge is -2.12. The summed E-state index contributed by atoms with van der Waals surface area (Å²) in [5, 5.41) is 18.4. The van der Waals surface area contributed by atoms with Gasteiger partial charge in [0, 0.05) is 6.54 Å². The van der Waals surface area contributed by atoms with Crippen LogP contribution in [0.5, 0.6) is 0 Å². The summed E-state index contributed by atoms with van der Waals surface area (Å²) in [4.78, 5) is 0. The second-order valence-electron chi connectivity index (χ2n) is 5.21. The molecule has 0 spiro atoms. The molecule has 0 radical (unpaired) electrons. The summed E-state index contributed by atoms with van der Waals surface area (Å²) >= 11 is 0. The molecule has 5 nitrogen and oxygen atoms in total. The first-order valence-corrected chi connectivity index (χ1v) is 8.29. The molecule has 0 amide bonds. The Balaban J connectivity index is 1.96. The lowest BCUT2D eigenvalue weighted by Crippen LogP contribution is -2.30. The Hall–Kier alpha value is -1.42. The maximum absolute atomic E-state index is 12.0. The average Bonchev–Trinajstić information content (AvgIpc) is 2.83. The number of nitriles is 1. The molecule has 1 aromatic rings. The van der Waals surface area contributed by atoms with Crippen LogP contribution in [0.3, 0.4) is 0 Å². The van der Waals surface area contributed by atoms with Gasteiger partial charge in [-0.2, -0.15) is 5.26 Å². The number of nitrogens with one attached hydrogen (secondary N) is 1. The molecule has 1 aromatic carbocycles. The van der Waals surface area contributed by atoms with Crippen LogP contribution in [0.25, 0.3) is 0 Å². The standard InChI is InChI=1S/C14H18N2O3S/c15-8-12-3-1-2-4-13(12)10-20(18,19)16-9-11-5-6-14(17)7-11/h1-4,11,14,16-17H,5-7,9-10H2. The highest BCUT2D eigenvalue weighted by Gasteiger charge is 2.24. The molecule has 2 atom stereocenters. The van der Waals surface area contributed by atoms with Crippen LogP contribution in [0.1, 0.15) is 30.4 Å². The number of hydrogen-bond donors (Lipinski definition) is 2. The Bertz CT molecular complexity index is 607. The van der Waals surface area contributed by atoms with Crippen LogP contribution in [-0.4, -0.2) is 26.2 Å². The Labute approximate surface area is 119 Å². The van der Waals surface area contributed by atoms with Crippen LogP contribution in [0.2, 0.25) is 0 Å². The van der Waals surface area contributed by atoms with E-state index in [9.17, 15) is 13.5 Å². The van der Waals surface area contributed by atoms with Gasteiger partial charge in [-0.25, -0.2) is 13.1 Å². The molecule has 108 valence electrons. The molecule has 2 unspecified atom stereocenters. The second-order valence-corrected chi connectivity index (χ2v) is 7.02. The minimum atomic E-state index is -3.45. The predicted octanol–water partition coefficient (Wildman–Crippen LogP) is 1.14. The third-order valence-electron chi connectivity index (χ3n) is 3.59. The van der Waals surface area contributed by atoms with Gasteiger partial charge in [-0.05, 0) is 36.8 Å². The first kappa shape index (κ1) is 15.0. The summed E-state index contributed by atoms with van der Waals surface area (Å²) < 4.78 is 26.6. The largest absolute Gasteiger partial charge is 0.393 e. The first-order valence-electron chi connectivity index (χ1n) is 6.63. The van der Waals surface area contributed by atoms with Gasteiger partial charge in [-0.15, -0.1) is 0 Å². The normalized spacial score (nSPS) is 22.6. The highest BCUT2D eigenvalue weighted by atomic mass is 32.2. The van der Waals surface area contributed by atoms with E-state index in [4.69, 9.17) is 5.26 Å². The highest BCUT2D eigenvalue weighted by Crippen LogP contribution is 2.24. The van der Waals surface area contributed by atoms with E-state index < -0.39 is 10.0 Å². The molecule has 0 aromatic heterocycles. The van der Waals surface area contributed by atoms with E-state index in [1.807, 2.05) is 6.07 Å². The molecular weight excluding hydrogens is 276 g/mol. The fourth-order valence-corrected chi connectivity index (χ4v) is 3.74. The number of hydrogen-bond acceptors (Lipinski definition) is 4. The molecular formula is C14H18N2O3S. The van der Waals surface area contributed by atoms with Gasteiger partial charge in [0.2, 0.25) is 10.0 Å². The van der Waals surface area contributed by atoms with Crippen molar-refractivity contribution in [3.8, 4) is 6.07 Å². The van der Waals surface area contributed by atoms with E-state index in [0.29, 0.717) is 24.1 Å². The summed E-state index contributed by atoms with van der Waals surface area (Å²) in [6.07, 6.45) is 1.93. The molecule has 2 rings (SSSR count). The van der Waals surface area contributed by atoms with Crippen molar-refractivity contribution in [1.82, 2.24) is 4.72 Å². The molecule has 20 heavy (non-hydrogen) atoms. The fourth-order valence-electron chi connectivity index (χ4n) is 2.49. The van der Waals surface area contributed by atoms with Gasteiger partial charge in [-0.3, -0.25) is 0 Å². The Morgan fingerprint density at radius 1 is 1.35 bits per heavy atom. The van der Waals surface area contributed by atoms with Gasteiger partial charge in [0.1, 0.15) is 0 Å². The van der Waals surface area contributed by atoms with Crippen molar-refractivity contribution in [3.05, 3.63) is 35.4 Å². The van der Waals surface area contributed by atoms with E-state index in [1.54, 1.807) is 24.3 Å². The number of aliphatic hydroxyl groups is 1. The molecule has 0 aliphatic heterocycles. The Kier molecular flexibility index (Phi) is 4.76. The van der Waals surface area contributed by atoms with Gasteiger partial charge < -0.3 is 5.11 Å². The van der Waals surface area contributed by atoms with Crippen LogP contribution >= 0.6 is 0 Å². The number of sulfonamides is 1. The molecule has 2 N–H and O–H groups in total. The molecule has 6 heteroatoms. The van der Waals surface area contributed by atoms with Crippen molar-refractivity contribution < 1.29 is 13.5 Å². The van der Waals surface area contributed by atoms with Crippen molar-refractivity contribution in [2.75, 3.05) is 6.54 Å². The number of nitrogens with zero attached hydrogens (tertiary/aromatic N) is 1. The average molecular weight is 294 g/mol. The fraction of sp³-hybridized carbons (Fsp3) is 0.500. The van der Waals surface area contributed by atoms with E-state index in [-0.39, 0.29) is 17.8 Å². The second kappa shape index (κ2) is 6.35. The first-order chi connectivity index (χ1) is 9.50. The Morgan fingerprint density at radius 3 is 2.75 bits per heavy atom. The SMILES string of the molecule is N#Cc1ccccc1CS(=O)(=O)NCC1CCC(O)C1. The number of rotatable bonds is 5. The van der Waals surface area contributed by atoms with Crippen molar-refractivity contribution in [2.24, 2.45) is 5.92 Å². The van der Waals surface area contributed by atoms with Gasteiger partial charge in [0.15, 0.2) is 0 Å². The molecule has 0 bridgehead atoms. The van der Waals surface area contributed by atoms with Crippen molar-refractivity contribution >= 4 is 10.0 Å². The molecule has 1 fully saturated rings. The van der Waals surface area contributed by atoms with Crippen molar-refractivity contribution in [1.29, 1.82) is 5.26 Å². The third kappa shape index (κ3) is 4.04. The summed E-state index contributed by atoms with van der Waals surface area (Å²) in [5.41, 5.74) is 0.892. The summed E-state index contributed by atoms with van der Waals surface area (Å²) in [6.45, 7) is 0.355. The summed E-state index contributed by atoms with van der Waals surface area (Å²) in [7, 11) is -3.45. The zero-order valence-electron chi connectivity index (χ0n) is 11.1. The van der Waals surface area contributed by atoms with Gasteiger partial charge in [0.25, 0.3) is 0 Å². The highest BCUT2D eigenvalue weighted by molar-refractivity contribution is 7.88. The zero-order valence-corrected chi connectivity index (χ0v) is 11.9. The lowest BCUT2D eigenvalue weighted by atomic mass is 10.1.